The molecule has 0 bridgehead atoms. The van der Waals surface area contributed by atoms with Crippen LogP contribution in [0.2, 0.25) is 5.02 Å². The molecule has 0 saturated carbocycles. The number of halogens is 1. The topological polar surface area (TPSA) is 96.1 Å². The quantitative estimate of drug-likeness (QED) is 0.372. The molecule has 3 heterocycles. The van der Waals surface area contributed by atoms with Crippen molar-refractivity contribution in [2.75, 3.05) is 29.9 Å². The number of piperidine rings is 1. The summed E-state index contributed by atoms with van der Waals surface area (Å²) < 4.78 is 7.65. The van der Waals surface area contributed by atoms with Crippen molar-refractivity contribution < 1.29 is 9.53 Å². The minimum absolute atomic E-state index is 0.0108. The molecule has 0 aliphatic carbocycles. The Hall–Kier alpha value is -3.35. The van der Waals surface area contributed by atoms with Gasteiger partial charge in [0.25, 0.3) is 5.91 Å². The van der Waals surface area contributed by atoms with E-state index in [-0.39, 0.29) is 5.57 Å². The van der Waals surface area contributed by atoms with E-state index in [0.717, 1.165) is 42.5 Å². The fraction of sp³-hybridized carbons (Fsp3) is 0.304. The van der Waals surface area contributed by atoms with E-state index in [1.165, 1.54) is 17.8 Å². The summed E-state index contributed by atoms with van der Waals surface area (Å²) in [6, 6.07) is 12.8. The van der Waals surface area contributed by atoms with Gasteiger partial charge < -0.3 is 14.2 Å². The maximum Gasteiger partial charge on any atom is 0.268 e. The van der Waals surface area contributed by atoms with Crippen molar-refractivity contribution in [2.24, 2.45) is 0 Å². The molecule has 8 nitrogen and oxygen atoms in total. The van der Waals surface area contributed by atoms with Gasteiger partial charge in [-0.3, -0.25) is 10.1 Å². The summed E-state index contributed by atoms with van der Waals surface area (Å²) in [6.07, 6.45) is 6.92. The fourth-order valence-electron chi connectivity index (χ4n) is 3.49. The Morgan fingerprint density at radius 1 is 1.21 bits per heavy atom. The maximum absolute atomic E-state index is 12.7. The van der Waals surface area contributed by atoms with Gasteiger partial charge in [-0.2, -0.15) is 5.26 Å². The van der Waals surface area contributed by atoms with Crippen LogP contribution in [0.1, 0.15) is 25.0 Å². The highest BCUT2D eigenvalue weighted by Crippen LogP contribution is 2.27. The summed E-state index contributed by atoms with van der Waals surface area (Å²) >= 11 is 7.21. The number of nitrogens with one attached hydrogen (secondary N) is 1. The zero-order valence-electron chi connectivity index (χ0n) is 17.9. The molecule has 1 amide bonds. The number of carbonyl (C=O) groups excluding carboxylic acids is 1. The second-order valence-corrected chi connectivity index (χ2v) is 8.88. The number of hydrogen-bond donors (Lipinski definition) is 1. The van der Waals surface area contributed by atoms with Crippen LogP contribution in [0.5, 0.6) is 5.75 Å². The van der Waals surface area contributed by atoms with Crippen LogP contribution in [0.15, 0.2) is 48.2 Å². The molecule has 1 aliphatic heterocycles. The molecular weight excluding hydrogens is 460 g/mol. The second-order valence-electron chi connectivity index (χ2n) is 7.49. The lowest BCUT2D eigenvalue weighted by Gasteiger charge is -2.25. The number of amides is 1. The van der Waals surface area contributed by atoms with E-state index < -0.39 is 5.91 Å². The first kappa shape index (κ1) is 22.8. The van der Waals surface area contributed by atoms with E-state index in [2.05, 4.69) is 20.4 Å². The van der Waals surface area contributed by atoms with Crippen LogP contribution in [0.3, 0.4) is 0 Å². The van der Waals surface area contributed by atoms with Crippen LogP contribution >= 0.6 is 22.9 Å². The molecule has 1 N–H and O–H groups in total. The molecule has 170 valence electrons. The molecule has 0 radical (unpaired) electrons. The number of benzene rings is 1. The van der Waals surface area contributed by atoms with Crippen LogP contribution in [0.4, 0.5) is 10.3 Å². The van der Waals surface area contributed by atoms with Gasteiger partial charge in [0.05, 0.1) is 6.54 Å². The average Bonchev–Trinajstić information content (AvgIpc) is 3.49. The molecule has 1 aliphatic rings. The van der Waals surface area contributed by atoms with E-state index >= 15 is 0 Å². The predicted molar refractivity (Wildman–Crippen MR) is 130 cm³/mol. The Morgan fingerprint density at radius 3 is 2.76 bits per heavy atom. The monoisotopic (exact) mass is 482 g/mol. The summed E-state index contributed by atoms with van der Waals surface area (Å²) in [4.78, 5) is 14.8. The largest absolute Gasteiger partial charge is 0.492 e. The average molecular weight is 483 g/mol. The maximum atomic E-state index is 12.7. The Labute approximate surface area is 201 Å². The first-order valence-corrected chi connectivity index (χ1v) is 11.9. The van der Waals surface area contributed by atoms with Gasteiger partial charge in [-0.25, -0.2) is 0 Å². The van der Waals surface area contributed by atoms with Gasteiger partial charge in [-0.05, 0) is 61.7 Å². The smallest absolute Gasteiger partial charge is 0.268 e. The molecule has 1 saturated heterocycles. The number of carbonyl (C=O) groups is 1. The van der Waals surface area contributed by atoms with Crippen molar-refractivity contribution in [3.8, 4) is 11.8 Å². The van der Waals surface area contributed by atoms with Crippen LogP contribution in [-0.4, -0.2) is 40.4 Å². The Bertz CT molecular complexity index is 1160. The number of anilines is 2. The number of rotatable bonds is 8. The van der Waals surface area contributed by atoms with Crippen LogP contribution in [-0.2, 0) is 11.3 Å². The third kappa shape index (κ3) is 6.12. The van der Waals surface area contributed by atoms with Crippen LogP contribution in [0.25, 0.3) is 6.08 Å². The second kappa shape index (κ2) is 11.0. The third-order valence-electron chi connectivity index (χ3n) is 5.20. The first-order valence-electron chi connectivity index (χ1n) is 10.7. The normalized spacial score (nSPS) is 14.1. The summed E-state index contributed by atoms with van der Waals surface area (Å²) in [6.45, 7) is 2.88. The molecule has 4 rings (SSSR count). The number of aromatic nitrogens is 3. The van der Waals surface area contributed by atoms with Crippen molar-refractivity contribution in [2.45, 2.75) is 25.8 Å². The molecule has 0 unspecified atom stereocenters. The molecule has 3 aromatic rings. The lowest BCUT2D eigenvalue weighted by molar-refractivity contribution is -0.112. The van der Waals surface area contributed by atoms with Crippen molar-refractivity contribution in [3.63, 3.8) is 0 Å². The zero-order valence-corrected chi connectivity index (χ0v) is 19.5. The van der Waals surface area contributed by atoms with Crippen LogP contribution < -0.4 is 15.0 Å². The molecule has 1 aromatic carbocycles. The molecule has 0 atom stereocenters. The predicted octanol–water partition coefficient (Wildman–Crippen LogP) is 4.61. The number of nitriles is 1. The van der Waals surface area contributed by atoms with E-state index in [4.69, 9.17) is 16.3 Å². The fourth-order valence-corrected chi connectivity index (χ4v) is 4.41. The number of hydrogen-bond acceptors (Lipinski definition) is 7. The first-order chi connectivity index (χ1) is 16.1. The van der Waals surface area contributed by atoms with Crippen molar-refractivity contribution in [1.29, 1.82) is 5.26 Å². The molecule has 10 heteroatoms. The minimum Gasteiger partial charge on any atom is -0.492 e. The number of ether oxygens (including phenoxy) is 1. The van der Waals surface area contributed by atoms with E-state index in [0.29, 0.717) is 23.3 Å². The molecule has 33 heavy (non-hydrogen) atoms. The third-order valence-corrected chi connectivity index (χ3v) is 6.35. The lowest BCUT2D eigenvalue weighted by Crippen LogP contribution is -2.29. The van der Waals surface area contributed by atoms with Crippen molar-refractivity contribution in [3.05, 3.63) is 58.9 Å². The highest BCUT2D eigenvalue weighted by Gasteiger charge is 2.18. The Morgan fingerprint density at radius 2 is 2.00 bits per heavy atom. The zero-order chi connectivity index (χ0) is 23.0. The van der Waals surface area contributed by atoms with Gasteiger partial charge in [-0.15, -0.1) is 10.2 Å². The van der Waals surface area contributed by atoms with Crippen molar-refractivity contribution >= 4 is 45.2 Å². The van der Waals surface area contributed by atoms with Gasteiger partial charge in [0.15, 0.2) is 0 Å². The van der Waals surface area contributed by atoms with Gasteiger partial charge in [0.1, 0.15) is 24.0 Å². The highest BCUT2D eigenvalue weighted by molar-refractivity contribution is 7.19. The summed E-state index contributed by atoms with van der Waals surface area (Å²) in [5.41, 5.74) is 0.718. The summed E-state index contributed by atoms with van der Waals surface area (Å²) in [7, 11) is 0. The van der Waals surface area contributed by atoms with Gasteiger partial charge >= 0.3 is 0 Å². The molecule has 0 spiro atoms. The van der Waals surface area contributed by atoms with Crippen LogP contribution in [0, 0.1) is 11.3 Å². The van der Waals surface area contributed by atoms with E-state index in [1.807, 2.05) is 29.0 Å². The van der Waals surface area contributed by atoms with E-state index in [9.17, 15) is 10.1 Å². The summed E-state index contributed by atoms with van der Waals surface area (Å²) in [5.74, 6) is 0.214. The Balaban J connectivity index is 1.37. The number of nitrogens with zero attached hydrogens (tertiary/aromatic N) is 5. The molecule has 2 aromatic heterocycles. The Kier molecular flexibility index (Phi) is 7.60. The van der Waals surface area contributed by atoms with Gasteiger partial charge in [-0.1, -0.05) is 22.9 Å². The van der Waals surface area contributed by atoms with Crippen molar-refractivity contribution in [1.82, 2.24) is 14.8 Å². The molecule has 1 fully saturated rings. The summed E-state index contributed by atoms with van der Waals surface area (Å²) in [5, 5.41) is 22.3. The van der Waals surface area contributed by atoms with Gasteiger partial charge in [0, 0.05) is 30.0 Å². The standard InChI is InChI=1S/C23H23ClN6O2S/c24-18-6-8-20(9-7-18)32-14-13-29-12-4-5-19(29)15-17(16-25)21(31)26-22-27-28-23(33-22)30-10-2-1-3-11-30/h4-9,12,15H,1-3,10-11,13-14H2,(H,26,27,31)/b17-15-. The van der Waals surface area contributed by atoms with E-state index in [1.54, 1.807) is 30.3 Å². The van der Waals surface area contributed by atoms with Gasteiger partial charge in [0.2, 0.25) is 10.3 Å². The highest BCUT2D eigenvalue weighted by atomic mass is 35.5. The lowest BCUT2D eigenvalue weighted by atomic mass is 10.1. The minimum atomic E-state index is -0.510. The molecular formula is C23H23ClN6O2S. The SMILES string of the molecule is N#C/C(=C/c1cccn1CCOc1ccc(Cl)cc1)C(=O)Nc1nnc(N2CCCCC2)s1.